The normalized spacial score (nSPS) is 10.5. The van der Waals surface area contributed by atoms with Crippen molar-refractivity contribution in [2.75, 3.05) is 11.6 Å². The van der Waals surface area contributed by atoms with Crippen molar-refractivity contribution in [3.8, 4) is 21.8 Å². The molecule has 0 unspecified atom stereocenters. The summed E-state index contributed by atoms with van der Waals surface area (Å²) < 4.78 is 1.47. The number of hydrogen-bond acceptors (Lipinski definition) is 7. The summed E-state index contributed by atoms with van der Waals surface area (Å²) in [4.78, 5) is 12.7. The van der Waals surface area contributed by atoms with Gasteiger partial charge >= 0.3 is 0 Å². The number of nitrogens with zero attached hydrogens (tertiary/aromatic N) is 5. The van der Waals surface area contributed by atoms with Crippen LogP contribution in [-0.4, -0.2) is 32.1 Å². The van der Waals surface area contributed by atoms with E-state index in [1.807, 2.05) is 42.7 Å². The van der Waals surface area contributed by atoms with Gasteiger partial charge < -0.3 is 5.32 Å². The first kappa shape index (κ1) is 18.9. The number of thioether (sulfide) groups is 1. The molecule has 0 aliphatic carbocycles. The fraction of sp³-hybridized carbons (Fsp3) is 0.0500. The van der Waals surface area contributed by atoms with Crippen LogP contribution in [0.5, 0.6) is 0 Å². The maximum absolute atomic E-state index is 12.7. The first-order chi connectivity index (χ1) is 14.2. The van der Waals surface area contributed by atoms with Gasteiger partial charge in [0.25, 0.3) is 5.91 Å². The monoisotopic (exact) mass is 418 g/mol. The smallest absolute Gasteiger partial charge is 0.256 e. The third-order valence-corrected chi connectivity index (χ3v) is 5.66. The third-order valence-electron chi connectivity index (χ3n) is 4.04. The lowest BCUT2D eigenvalue weighted by molar-refractivity contribution is 0.102. The lowest BCUT2D eigenvalue weighted by atomic mass is 10.2. The number of anilines is 1. The van der Waals surface area contributed by atoms with Crippen molar-refractivity contribution in [3.63, 3.8) is 0 Å². The van der Waals surface area contributed by atoms with E-state index in [2.05, 4.69) is 26.7 Å². The fourth-order valence-electron chi connectivity index (χ4n) is 2.66. The number of hydrogen-bond donors (Lipinski definition) is 1. The van der Waals surface area contributed by atoms with Crippen molar-refractivity contribution in [2.45, 2.75) is 5.03 Å². The van der Waals surface area contributed by atoms with E-state index in [-0.39, 0.29) is 11.7 Å². The predicted molar refractivity (Wildman–Crippen MR) is 113 cm³/mol. The standard InChI is InChI=1S/C20H14N6OS2/c1-28-19-15(12-21)16(22-17(27)13-8-4-2-5-9-13)26(25-19)20-24-23-18(29-20)14-10-6-3-7-11-14/h2-11H,1H3,(H,22,27). The van der Waals surface area contributed by atoms with E-state index in [0.29, 0.717) is 21.3 Å². The first-order valence-corrected chi connectivity index (χ1v) is 10.6. The molecule has 0 aliphatic heterocycles. The van der Waals surface area contributed by atoms with E-state index in [1.54, 1.807) is 24.3 Å². The second-order valence-electron chi connectivity index (χ2n) is 5.83. The number of nitriles is 1. The van der Waals surface area contributed by atoms with E-state index in [9.17, 15) is 10.1 Å². The molecular weight excluding hydrogens is 404 g/mol. The number of benzene rings is 2. The van der Waals surface area contributed by atoms with Crippen LogP contribution >= 0.6 is 23.1 Å². The average Bonchev–Trinajstić information content (AvgIpc) is 3.39. The molecule has 0 atom stereocenters. The first-order valence-electron chi connectivity index (χ1n) is 8.54. The number of nitrogens with one attached hydrogen (secondary N) is 1. The Kier molecular flexibility index (Phi) is 5.37. The molecule has 2 aromatic carbocycles. The SMILES string of the molecule is CSc1nn(-c2nnc(-c3ccccc3)s2)c(NC(=O)c2ccccc2)c1C#N. The number of aromatic nitrogens is 4. The molecule has 1 N–H and O–H groups in total. The molecule has 9 heteroatoms. The molecule has 0 radical (unpaired) electrons. The summed E-state index contributed by atoms with van der Waals surface area (Å²) in [5.74, 6) is -0.0508. The van der Waals surface area contributed by atoms with E-state index in [0.717, 1.165) is 10.6 Å². The van der Waals surface area contributed by atoms with Crippen molar-refractivity contribution in [1.29, 1.82) is 5.26 Å². The molecule has 0 bridgehead atoms. The van der Waals surface area contributed by atoms with E-state index >= 15 is 0 Å². The van der Waals surface area contributed by atoms with Crippen molar-refractivity contribution in [3.05, 3.63) is 71.8 Å². The molecule has 0 saturated heterocycles. The number of carbonyl (C=O) groups excluding carboxylic acids is 1. The van der Waals surface area contributed by atoms with Gasteiger partial charge in [-0.3, -0.25) is 4.79 Å². The van der Waals surface area contributed by atoms with Gasteiger partial charge in [0, 0.05) is 11.1 Å². The Bertz CT molecular complexity index is 1190. The molecule has 0 aliphatic rings. The topological polar surface area (TPSA) is 96.5 Å². The van der Waals surface area contributed by atoms with Crippen LogP contribution in [0.2, 0.25) is 0 Å². The minimum atomic E-state index is -0.330. The highest BCUT2D eigenvalue weighted by Gasteiger charge is 2.23. The summed E-state index contributed by atoms with van der Waals surface area (Å²) >= 11 is 2.65. The average molecular weight is 419 g/mol. The minimum Gasteiger partial charge on any atom is -0.305 e. The molecule has 0 spiro atoms. The predicted octanol–water partition coefficient (Wildman–Crippen LogP) is 4.24. The van der Waals surface area contributed by atoms with Crippen LogP contribution in [0, 0.1) is 11.3 Å². The molecule has 4 aromatic rings. The number of carbonyl (C=O) groups is 1. The Morgan fingerprint density at radius 1 is 1.10 bits per heavy atom. The van der Waals surface area contributed by atoms with Gasteiger partial charge in [-0.1, -0.05) is 59.9 Å². The van der Waals surface area contributed by atoms with Crippen LogP contribution in [0.1, 0.15) is 15.9 Å². The molecule has 1 amide bonds. The maximum atomic E-state index is 12.7. The fourth-order valence-corrected chi connectivity index (χ4v) is 3.98. The zero-order valence-corrected chi connectivity index (χ0v) is 16.9. The van der Waals surface area contributed by atoms with Crippen LogP contribution < -0.4 is 5.32 Å². The number of amides is 1. The Hall–Kier alpha value is -3.48. The minimum absolute atomic E-state index is 0.279. The molecule has 29 heavy (non-hydrogen) atoms. The van der Waals surface area contributed by atoms with Crippen molar-refractivity contribution < 1.29 is 4.79 Å². The van der Waals surface area contributed by atoms with Gasteiger partial charge in [0.2, 0.25) is 5.13 Å². The van der Waals surface area contributed by atoms with Gasteiger partial charge in [-0.05, 0) is 18.4 Å². The largest absolute Gasteiger partial charge is 0.305 e. The Morgan fingerprint density at radius 3 is 2.45 bits per heavy atom. The third kappa shape index (κ3) is 3.76. The van der Waals surface area contributed by atoms with Crippen LogP contribution in [-0.2, 0) is 0 Å². The maximum Gasteiger partial charge on any atom is 0.256 e. The zero-order valence-electron chi connectivity index (χ0n) is 15.2. The zero-order chi connectivity index (χ0) is 20.2. The molecule has 2 heterocycles. The lowest BCUT2D eigenvalue weighted by Gasteiger charge is -2.06. The van der Waals surface area contributed by atoms with Gasteiger partial charge in [-0.15, -0.1) is 22.0 Å². The summed E-state index contributed by atoms with van der Waals surface area (Å²) in [6.07, 6.45) is 1.83. The van der Waals surface area contributed by atoms with E-state index in [4.69, 9.17) is 0 Å². The Balaban J connectivity index is 1.76. The second kappa shape index (κ2) is 8.26. The summed E-state index contributed by atoms with van der Waals surface area (Å²) in [7, 11) is 0. The molecule has 7 nitrogen and oxygen atoms in total. The van der Waals surface area contributed by atoms with E-state index in [1.165, 1.54) is 27.8 Å². The van der Waals surface area contributed by atoms with Gasteiger partial charge in [-0.25, -0.2) is 0 Å². The lowest BCUT2D eigenvalue weighted by Crippen LogP contribution is -2.15. The highest BCUT2D eigenvalue weighted by molar-refractivity contribution is 7.98. The second-order valence-corrected chi connectivity index (χ2v) is 7.58. The molecular formula is C20H14N6OS2. The van der Waals surface area contributed by atoms with E-state index < -0.39 is 0 Å². The van der Waals surface area contributed by atoms with Crippen molar-refractivity contribution >= 4 is 34.8 Å². The van der Waals surface area contributed by atoms with Crippen molar-refractivity contribution in [1.82, 2.24) is 20.0 Å². The van der Waals surface area contributed by atoms with Gasteiger partial charge in [0.1, 0.15) is 21.7 Å². The summed E-state index contributed by atoms with van der Waals surface area (Å²) in [5, 5.41) is 27.1. The quantitative estimate of drug-likeness (QED) is 0.487. The molecule has 0 saturated carbocycles. The van der Waals surface area contributed by atoms with Gasteiger partial charge in [0.15, 0.2) is 5.82 Å². The van der Waals surface area contributed by atoms with Crippen LogP contribution in [0.15, 0.2) is 65.7 Å². The molecule has 2 aromatic heterocycles. The Morgan fingerprint density at radius 2 is 1.79 bits per heavy atom. The van der Waals surface area contributed by atoms with Crippen LogP contribution in [0.25, 0.3) is 15.7 Å². The van der Waals surface area contributed by atoms with Crippen molar-refractivity contribution in [2.24, 2.45) is 0 Å². The van der Waals surface area contributed by atoms with Crippen LogP contribution in [0.4, 0.5) is 5.82 Å². The number of rotatable bonds is 5. The highest BCUT2D eigenvalue weighted by atomic mass is 32.2. The van der Waals surface area contributed by atoms with Gasteiger partial charge in [0.05, 0.1) is 0 Å². The van der Waals surface area contributed by atoms with Crippen LogP contribution in [0.3, 0.4) is 0 Å². The Labute approximate surface area is 175 Å². The summed E-state index contributed by atoms with van der Waals surface area (Å²) in [5.41, 5.74) is 1.71. The molecule has 142 valence electrons. The van der Waals surface area contributed by atoms with Gasteiger partial charge in [-0.2, -0.15) is 15.0 Å². The summed E-state index contributed by atoms with van der Waals surface area (Å²) in [6.45, 7) is 0. The molecule has 4 rings (SSSR count). The highest BCUT2D eigenvalue weighted by Crippen LogP contribution is 2.32. The molecule has 0 fully saturated rings. The summed E-state index contributed by atoms with van der Waals surface area (Å²) in [6, 6.07) is 20.6.